The summed E-state index contributed by atoms with van der Waals surface area (Å²) in [6, 6.07) is 14.5. The fourth-order valence-corrected chi connectivity index (χ4v) is 2.65. The summed E-state index contributed by atoms with van der Waals surface area (Å²) in [6.07, 6.45) is 7.28. The number of phenolic OH excluding ortho intramolecular Hbond substituents is 1. The van der Waals surface area contributed by atoms with Gasteiger partial charge in [0.25, 0.3) is 5.91 Å². The second-order valence-electron chi connectivity index (χ2n) is 5.95. The number of amides is 1. The van der Waals surface area contributed by atoms with Crippen LogP contribution < -0.4 is 5.43 Å². The number of phenols is 1. The summed E-state index contributed by atoms with van der Waals surface area (Å²) >= 11 is 0. The molecule has 0 spiro atoms. The third kappa shape index (κ3) is 4.70. The minimum Gasteiger partial charge on any atom is -0.507 e. The van der Waals surface area contributed by atoms with Gasteiger partial charge in [-0.05, 0) is 41.8 Å². The quantitative estimate of drug-likeness (QED) is 0.386. The maximum Gasteiger partial charge on any atom is 0.271 e. The van der Waals surface area contributed by atoms with E-state index in [0.29, 0.717) is 24.1 Å². The van der Waals surface area contributed by atoms with Gasteiger partial charge in [-0.2, -0.15) is 10.2 Å². The Balaban J connectivity index is 1.66. The van der Waals surface area contributed by atoms with E-state index in [9.17, 15) is 9.90 Å². The molecule has 6 nitrogen and oxygen atoms in total. The van der Waals surface area contributed by atoms with Crippen molar-refractivity contribution in [2.75, 3.05) is 0 Å². The smallest absolute Gasteiger partial charge is 0.271 e. The molecule has 1 amide bonds. The first-order valence-electron chi connectivity index (χ1n) is 8.49. The third-order valence-electron chi connectivity index (χ3n) is 3.98. The van der Waals surface area contributed by atoms with Crippen LogP contribution in [-0.2, 0) is 13.0 Å². The highest BCUT2D eigenvalue weighted by atomic mass is 16.3. The van der Waals surface area contributed by atoms with Gasteiger partial charge in [-0.25, -0.2) is 5.43 Å². The van der Waals surface area contributed by atoms with E-state index in [1.54, 1.807) is 35.2 Å². The van der Waals surface area contributed by atoms with Crippen LogP contribution in [0.25, 0.3) is 0 Å². The Morgan fingerprint density at radius 3 is 2.89 bits per heavy atom. The number of hydrogen-bond acceptors (Lipinski definition) is 4. The predicted molar refractivity (Wildman–Crippen MR) is 105 cm³/mol. The molecule has 3 aromatic rings. The summed E-state index contributed by atoms with van der Waals surface area (Å²) < 4.78 is 1.79. The molecule has 0 aliphatic heterocycles. The van der Waals surface area contributed by atoms with E-state index in [0.717, 1.165) is 11.1 Å². The number of benzene rings is 2. The molecule has 0 aliphatic carbocycles. The lowest BCUT2D eigenvalue weighted by Crippen LogP contribution is -2.18. The van der Waals surface area contributed by atoms with Crippen molar-refractivity contribution in [1.29, 1.82) is 0 Å². The minimum atomic E-state index is -0.324. The zero-order valence-corrected chi connectivity index (χ0v) is 14.7. The topological polar surface area (TPSA) is 79.5 Å². The van der Waals surface area contributed by atoms with Gasteiger partial charge in [-0.3, -0.25) is 9.48 Å². The van der Waals surface area contributed by atoms with Crippen molar-refractivity contribution in [3.63, 3.8) is 0 Å². The van der Waals surface area contributed by atoms with Gasteiger partial charge < -0.3 is 5.11 Å². The number of carbonyl (C=O) groups excluding carboxylic acids is 1. The monoisotopic (exact) mass is 360 g/mol. The Kier molecular flexibility index (Phi) is 5.79. The molecule has 0 saturated carbocycles. The average molecular weight is 360 g/mol. The van der Waals surface area contributed by atoms with Crippen LogP contribution >= 0.6 is 0 Å². The van der Waals surface area contributed by atoms with E-state index >= 15 is 0 Å². The number of para-hydroxylation sites is 1. The lowest BCUT2D eigenvalue weighted by atomic mass is 10.1. The van der Waals surface area contributed by atoms with Crippen LogP contribution in [0.4, 0.5) is 0 Å². The number of nitrogens with one attached hydrogen (secondary N) is 1. The highest BCUT2D eigenvalue weighted by Crippen LogP contribution is 2.21. The second kappa shape index (κ2) is 8.62. The van der Waals surface area contributed by atoms with Crippen LogP contribution in [0.3, 0.4) is 0 Å². The van der Waals surface area contributed by atoms with Crippen molar-refractivity contribution >= 4 is 12.1 Å². The fourth-order valence-electron chi connectivity index (χ4n) is 2.65. The normalized spacial score (nSPS) is 10.8. The Morgan fingerprint density at radius 1 is 1.26 bits per heavy atom. The molecule has 1 heterocycles. The number of aromatic hydroxyl groups is 1. The van der Waals surface area contributed by atoms with Gasteiger partial charge in [-0.15, -0.1) is 6.58 Å². The van der Waals surface area contributed by atoms with Gasteiger partial charge in [0.1, 0.15) is 5.75 Å². The Hall–Kier alpha value is -3.67. The SMILES string of the molecule is C=CCc1cccc(/C=N\NC(=O)c2cccc(Cn3cccn3)c2)c1O. The first kappa shape index (κ1) is 18.1. The number of aromatic nitrogens is 2. The standard InChI is InChI=1S/C21H20N4O2/c1-2-6-17-8-4-10-19(20(17)26)14-22-24-21(27)18-9-3-7-16(13-18)15-25-12-5-11-23-25/h2-5,7-14,26H,1,6,15H2,(H,24,27)/b22-14-. The summed E-state index contributed by atoms with van der Waals surface area (Å²) in [7, 11) is 0. The molecule has 0 fully saturated rings. The predicted octanol–water partition coefficient (Wildman–Crippen LogP) is 3.13. The molecule has 1 aromatic heterocycles. The van der Waals surface area contributed by atoms with Crippen molar-refractivity contribution in [1.82, 2.24) is 15.2 Å². The number of hydrogen-bond donors (Lipinski definition) is 2. The molecule has 0 aliphatic rings. The second-order valence-corrected chi connectivity index (χ2v) is 5.95. The third-order valence-corrected chi connectivity index (χ3v) is 3.98. The summed E-state index contributed by atoms with van der Waals surface area (Å²) in [5.41, 5.74) is 5.24. The van der Waals surface area contributed by atoms with E-state index in [1.165, 1.54) is 6.21 Å². The first-order valence-corrected chi connectivity index (χ1v) is 8.49. The fraction of sp³-hybridized carbons (Fsp3) is 0.0952. The molecular formula is C21H20N4O2. The number of allylic oxidation sites excluding steroid dienone is 1. The molecule has 136 valence electrons. The highest BCUT2D eigenvalue weighted by molar-refractivity contribution is 5.95. The van der Waals surface area contributed by atoms with Gasteiger partial charge >= 0.3 is 0 Å². The van der Waals surface area contributed by atoms with Crippen molar-refractivity contribution in [3.05, 3.63) is 95.8 Å². The van der Waals surface area contributed by atoms with Crippen molar-refractivity contribution in [2.24, 2.45) is 5.10 Å². The van der Waals surface area contributed by atoms with Crippen LogP contribution in [0.15, 0.2) is 78.7 Å². The lowest BCUT2D eigenvalue weighted by molar-refractivity contribution is 0.0955. The van der Waals surface area contributed by atoms with Crippen molar-refractivity contribution < 1.29 is 9.90 Å². The molecule has 27 heavy (non-hydrogen) atoms. The molecule has 0 radical (unpaired) electrons. The summed E-state index contributed by atoms with van der Waals surface area (Å²) in [6.45, 7) is 4.25. The molecule has 3 rings (SSSR count). The van der Waals surface area contributed by atoms with E-state index in [2.05, 4.69) is 22.2 Å². The first-order chi connectivity index (χ1) is 13.2. The minimum absolute atomic E-state index is 0.136. The molecule has 2 N–H and O–H groups in total. The Morgan fingerprint density at radius 2 is 2.11 bits per heavy atom. The van der Waals surface area contributed by atoms with Crippen LogP contribution in [-0.4, -0.2) is 27.0 Å². The Bertz CT molecular complexity index is 962. The summed E-state index contributed by atoms with van der Waals surface area (Å²) in [5.74, 6) is -0.188. The molecule has 0 atom stereocenters. The average Bonchev–Trinajstić information content (AvgIpc) is 3.18. The van der Waals surface area contributed by atoms with E-state index < -0.39 is 0 Å². The van der Waals surface area contributed by atoms with E-state index in [4.69, 9.17) is 0 Å². The van der Waals surface area contributed by atoms with E-state index in [-0.39, 0.29) is 11.7 Å². The summed E-state index contributed by atoms with van der Waals surface area (Å²) in [4.78, 5) is 12.3. The number of carbonyl (C=O) groups is 1. The van der Waals surface area contributed by atoms with Gasteiger partial charge in [0.2, 0.25) is 0 Å². The molecule has 2 aromatic carbocycles. The van der Waals surface area contributed by atoms with Gasteiger partial charge in [0.15, 0.2) is 0 Å². The maximum absolute atomic E-state index is 12.3. The highest BCUT2D eigenvalue weighted by Gasteiger charge is 2.07. The van der Waals surface area contributed by atoms with Crippen LogP contribution in [0.2, 0.25) is 0 Å². The van der Waals surface area contributed by atoms with E-state index in [1.807, 2.05) is 36.5 Å². The maximum atomic E-state index is 12.3. The number of rotatable bonds is 7. The largest absolute Gasteiger partial charge is 0.507 e. The lowest BCUT2D eigenvalue weighted by Gasteiger charge is -2.06. The van der Waals surface area contributed by atoms with Crippen LogP contribution in [0.1, 0.15) is 27.0 Å². The molecule has 0 bridgehead atoms. The van der Waals surface area contributed by atoms with Gasteiger partial charge in [-0.1, -0.05) is 30.3 Å². The zero-order valence-electron chi connectivity index (χ0n) is 14.7. The van der Waals surface area contributed by atoms with Crippen molar-refractivity contribution in [3.8, 4) is 5.75 Å². The molecular weight excluding hydrogens is 340 g/mol. The van der Waals surface area contributed by atoms with Gasteiger partial charge in [0.05, 0.1) is 12.8 Å². The molecule has 0 saturated heterocycles. The molecule has 0 unspecified atom stereocenters. The van der Waals surface area contributed by atoms with Crippen molar-refractivity contribution in [2.45, 2.75) is 13.0 Å². The number of nitrogens with zero attached hydrogens (tertiary/aromatic N) is 3. The van der Waals surface area contributed by atoms with Gasteiger partial charge in [0, 0.05) is 23.5 Å². The Labute approximate surface area is 157 Å². The molecule has 6 heteroatoms. The van der Waals surface area contributed by atoms with Crippen LogP contribution in [0.5, 0.6) is 5.75 Å². The van der Waals surface area contributed by atoms with Crippen LogP contribution in [0, 0.1) is 0 Å². The zero-order chi connectivity index (χ0) is 19.1. The summed E-state index contributed by atoms with van der Waals surface area (Å²) in [5, 5.41) is 18.3. The number of hydrazone groups is 1.